The Kier molecular flexibility index (Phi) is 4.87. The number of hydrogen-bond acceptors (Lipinski definition) is 3. The number of nitrogens with zero attached hydrogens (tertiary/aromatic N) is 1. The van der Waals surface area contributed by atoms with Crippen LogP contribution in [0.4, 0.5) is 14.5 Å². The Hall–Kier alpha value is -2.31. The number of aliphatic hydroxyl groups excluding tert-OH is 1. The van der Waals surface area contributed by atoms with Crippen molar-refractivity contribution in [3.05, 3.63) is 65.2 Å². The fourth-order valence-electron chi connectivity index (χ4n) is 3.07. The molecule has 3 rings (SSSR count). The summed E-state index contributed by atoms with van der Waals surface area (Å²) < 4.78 is 26.5. The average molecular weight is 332 g/mol. The first kappa shape index (κ1) is 16.5. The number of carbonyl (C=O) groups is 1. The van der Waals surface area contributed by atoms with Crippen LogP contribution in [0.15, 0.2) is 42.5 Å². The molecule has 0 saturated carbocycles. The third kappa shape index (κ3) is 3.44. The lowest BCUT2D eigenvalue weighted by molar-refractivity contribution is -0.118. The van der Waals surface area contributed by atoms with Crippen molar-refractivity contribution in [2.75, 3.05) is 25.0 Å². The summed E-state index contributed by atoms with van der Waals surface area (Å²) in [5, 5.41) is 12.2. The van der Waals surface area contributed by atoms with Gasteiger partial charge in [-0.2, -0.15) is 0 Å². The van der Waals surface area contributed by atoms with Gasteiger partial charge in [0.2, 0.25) is 5.91 Å². The summed E-state index contributed by atoms with van der Waals surface area (Å²) in [5.41, 5.74) is 2.11. The topological polar surface area (TPSA) is 52.6 Å². The van der Waals surface area contributed by atoms with Crippen LogP contribution in [0.25, 0.3) is 0 Å². The van der Waals surface area contributed by atoms with Gasteiger partial charge in [0.1, 0.15) is 11.6 Å². The molecule has 4 nitrogen and oxygen atoms in total. The van der Waals surface area contributed by atoms with Gasteiger partial charge in [-0.05, 0) is 29.7 Å². The fraction of sp³-hybridized carbons (Fsp3) is 0.278. The molecule has 1 heterocycles. The number of nitrogens with one attached hydrogen (secondary N) is 1. The van der Waals surface area contributed by atoms with Crippen molar-refractivity contribution in [3.63, 3.8) is 0 Å². The van der Waals surface area contributed by atoms with Gasteiger partial charge in [-0.15, -0.1) is 0 Å². The average Bonchev–Trinajstić information content (AvgIpc) is 2.57. The van der Waals surface area contributed by atoms with Gasteiger partial charge in [0.25, 0.3) is 0 Å². The van der Waals surface area contributed by atoms with E-state index in [9.17, 15) is 18.7 Å². The molecule has 0 radical (unpaired) electrons. The summed E-state index contributed by atoms with van der Waals surface area (Å²) in [6.45, 7) is 0.549. The number of aliphatic hydroxyl groups is 1. The van der Waals surface area contributed by atoms with Gasteiger partial charge in [-0.3, -0.25) is 9.69 Å². The van der Waals surface area contributed by atoms with Crippen molar-refractivity contribution >= 4 is 11.6 Å². The second-order valence-electron chi connectivity index (χ2n) is 5.79. The quantitative estimate of drug-likeness (QED) is 0.904. The summed E-state index contributed by atoms with van der Waals surface area (Å²) in [4.78, 5) is 14.1. The molecule has 0 aliphatic carbocycles. The number of amides is 1. The molecule has 6 heteroatoms. The third-order valence-corrected chi connectivity index (χ3v) is 4.25. The number of rotatable bonds is 4. The number of halogens is 2. The standard InChI is InChI=1S/C18H18F2N2O2/c19-13-5-6-16(15(20)9-13)21-18(24)10-22-8-7-12-3-1-2-4-14(12)17(22)11-23/h1-6,9,17,23H,7-8,10-11H2,(H,21,24). The molecule has 0 saturated heterocycles. The van der Waals surface area contributed by atoms with E-state index in [4.69, 9.17) is 0 Å². The molecule has 2 aromatic rings. The molecule has 1 unspecified atom stereocenters. The van der Waals surface area contributed by atoms with E-state index < -0.39 is 17.5 Å². The van der Waals surface area contributed by atoms with Gasteiger partial charge in [0.15, 0.2) is 0 Å². The van der Waals surface area contributed by atoms with Crippen molar-refractivity contribution in [2.24, 2.45) is 0 Å². The van der Waals surface area contributed by atoms with E-state index in [2.05, 4.69) is 5.32 Å². The normalized spacial score (nSPS) is 17.4. The first-order valence-electron chi connectivity index (χ1n) is 7.76. The maximum absolute atomic E-state index is 13.6. The molecule has 1 aliphatic rings. The number of benzene rings is 2. The van der Waals surface area contributed by atoms with Crippen LogP contribution in [0, 0.1) is 11.6 Å². The van der Waals surface area contributed by atoms with Crippen molar-refractivity contribution in [3.8, 4) is 0 Å². The lowest BCUT2D eigenvalue weighted by Gasteiger charge is -2.35. The van der Waals surface area contributed by atoms with E-state index in [0.717, 1.165) is 29.7 Å². The minimum atomic E-state index is -0.814. The molecule has 1 amide bonds. The maximum Gasteiger partial charge on any atom is 0.238 e. The summed E-state index contributed by atoms with van der Waals surface area (Å²) in [7, 11) is 0. The van der Waals surface area contributed by atoms with E-state index >= 15 is 0 Å². The Morgan fingerprint density at radius 1 is 1.25 bits per heavy atom. The number of anilines is 1. The van der Waals surface area contributed by atoms with E-state index in [1.165, 1.54) is 6.07 Å². The van der Waals surface area contributed by atoms with Gasteiger partial charge in [-0.25, -0.2) is 8.78 Å². The Balaban J connectivity index is 1.70. The molecule has 0 bridgehead atoms. The molecule has 0 spiro atoms. The molecular formula is C18H18F2N2O2. The highest BCUT2D eigenvalue weighted by atomic mass is 19.1. The van der Waals surface area contributed by atoms with Crippen LogP contribution in [0.5, 0.6) is 0 Å². The lowest BCUT2D eigenvalue weighted by Crippen LogP contribution is -2.42. The summed E-state index contributed by atoms with van der Waals surface area (Å²) in [6.07, 6.45) is 0.783. The summed E-state index contributed by atoms with van der Waals surface area (Å²) in [6, 6.07) is 10.6. The Morgan fingerprint density at radius 2 is 2.04 bits per heavy atom. The largest absolute Gasteiger partial charge is 0.394 e. The second-order valence-corrected chi connectivity index (χ2v) is 5.79. The zero-order chi connectivity index (χ0) is 17.1. The Bertz CT molecular complexity index is 752. The second kappa shape index (κ2) is 7.07. The minimum absolute atomic E-state index is 0.0242. The van der Waals surface area contributed by atoms with Crippen LogP contribution in [0.1, 0.15) is 17.2 Å². The predicted octanol–water partition coefficient (Wildman–Crippen LogP) is 2.50. The number of hydrogen-bond donors (Lipinski definition) is 2. The molecule has 1 aliphatic heterocycles. The Morgan fingerprint density at radius 3 is 2.79 bits per heavy atom. The minimum Gasteiger partial charge on any atom is -0.394 e. The van der Waals surface area contributed by atoms with Gasteiger partial charge >= 0.3 is 0 Å². The van der Waals surface area contributed by atoms with Crippen LogP contribution < -0.4 is 5.32 Å². The first-order valence-corrected chi connectivity index (χ1v) is 7.76. The van der Waals surface area contributed by atoms with Crippen LogP contribution in [-0.4, -0.2) is 35.6 Å². The predicted molar refractivity (Wildman–Crippen MR) is 86.5 cm³/mol. The molecule has 0 fully saturated rings. The molecular weight excluding hydrogens is 314 g/mol. The first-order chi connectivity index (χ1) is 11.6. The summed E-state index contributed by atoms with van der Waals surface area (Å²) in [5.74, 6) is -1.91. The highest BCUT2D eigenvalue weighted by Gasteiger charge is 2.28. The van der Waals surface area contributed by atoms with Crippen molar-refractivity contribution < 1.29 is 18.7 Å². The maximum atomic E-state index is 13.6. The van der Waals surface area contributed by atoms with Gasteiger partial charge < -0.3 is 10.4 Å². The molecule has 2 N–H and O–H groups in total. The van der Waals surface area contributed by atoms with Crippen LogP contribution in [-0.2, 0) is 11.2 Å². The zero-order valence-electron chi connectivity index (χ0n) is 13.0. The van der Waals surface area contributed by atoms with Gasteiger partial charge in [-0.1, -0.05) is 24.3 Å². The van der Waals surface area contributed by atoms with E-state index in [0.29, 0.717) is 6.54 Å². The van der Waals surface area contributed by atoms with Gasteiger partial charge in [0, 0.05) is 12.6 Å². The van der Waals surface area contributed by atoms with Crippen molar-refractivity contribution in [1.29, 1.82) is 0 Å². The fourth-order valence-corrected chi connectivity index (χ4v) is 3.07. The monoisotopic (exact) mass is 332 g/mol. The SMILES string of the molecule is O=C(CN1CCc2ccccc2C1CO)Nc1ccc(F)cc1F. The van der Waals surface area contributed by atoms with Crippen LogP contribution in [0.3, 0.4) is 0 Å². The van der Waals surface area contributed by atoms with E-state index in [-0.39, 0.29) is 24.9 Å². The van der Waals surface area contributed by atoms with Crippen LogP contribution >= 0.6 is 0 Å². The smallest absolute Gasteiger partial charge is 0.238 e. The number of fused-ring (bicyclic) bond motifs is 1. The van der Waals surface area contributed by atoms with Crippen LogP contribution in [0.2, 0.25) is 0 Å². The zero-order valence-corrected chi connectivity index (χ0v) is 13.0. The molecule has 126 valence electrons. The van der Waals surface area contributed by atoms with E-state index in [1.807, 2.05) is 29.2 Å². The van der Waals surface area contributed by atoms with Crippen molar-refractivity contribution in [2.45, 2.75) is 12.5 Å². The summed E-state index contributed by atoms with van der Waals surface area (Å²) >= 11 is 0. The third-order valence-electron chi connectivity index (χ3n) is 4.25. The highest BCUT2D eigenvalue weighted by molar-refractivity contribution is 5.92. The molecule has 0 aromatic heterocycles. The van der Waals surface area contributed by atoms with E-state index in [1.54, 1.807) is 0 Å². The molecule has 2 aromatic carbocycles. The Labute approximate surface area is 138 Å². The lowest BCUT2D eigenvalue weighted by atomic mass is 9.93. The highest BCUT2D eigenvalue weighted by Crippen LogP contribution is 2.29. The van der Waals surface area contributed by atoms with Crippen molar-refractivity contribution in [1.82, 2.24) is 4.90 Å². The number of carbonyl (C=O) groups excluding carboxylic acids is 1. The molecule has 24 heavy (non-hydrogen) atoms. The molecule has 1 atom stereocenters. The van der Waals surface area contributed by atoms with Gasteiger partial charge in [0.05, 0.1) is 24.9 Å².